The molecule has 3 nitrogen and oxygen atoms in total. The van der Waals surface area contributed by atoms with E-state index < -0.39 is 0 Å². The highest BCUT2D eigenvalue weighted by Crippen LogP contribution is 2.74. The van der Waals surface area contributed by atoms with Crippen molar-refractivity contribution in [3.63, 3.8) is 0 Å². The summed E-state index contributed by atoms with van der Waals surface area (Å²) in [5, 5.41) is 3.41. The average Bonchev–Trinajstić information content (AvgIpc) is 2.55. The Morgan fingerprint density at radius 1 is 1.47 bits per heavy atom. The van der Waals surface area contributed by atoms with Crippen LogP contribution < -0.4 is 11.1 Å². The fourth-order valence-electron chi connectivity index (χ4n) is 4.16. The van der Waals surface area contributed by atoms with E-state index in [0.29, 0.717) is 11.3 Å². The monoisotopic (exact) mass is 230 g/mol. The highest BCUT2D eigenvalue weighted by Gasteiger charge is 2.76. The second kappa shape index (κ2) is 3.11. The van der Waals surface area contributed by atoms with Crippen molar-refractivity contribution in [3.8, 4) is 0 Å². The smallest absolute Gasteiger partial charge is 0.221 e. The highest BCUT2D eigenvalue weighted by molar-refractivity contribution is 5.85. The summed E-state index contributed by atoms with van der Waals surface area (Å²) in [6.07, 6.45) is 3.90. The number of nitrogens with two attached hydrogens (primary N) is 1. The lowest BCUT2D eigenvalue weighted by Gasteiger charge is -2.46. The van der Waals surface area contributed by atoms with Crippen LogP contribution in [0.3, 0.4) is 0 Å². The second-order valence-corrected chi connectivity index (χ2v) is 5.57. The molecule has 0 radical (unpaired) electrons. The molecule has 3 atom stereocenters. The molecule has 0 aromatic carbocycles. The van der Waals surface area contributed by atoms with Crippen molar-refractivity contribution in [2.24, 2.45) is 28.4 Å². The van der Waals surface area contributed by atoms with Gasteiger partial charge in [0.05, 0.1) is 5.92 Å². The van der Waals surface area contributed by atoms with Crippen LogP contribution in [0.15, 0.2) is 0 Å². The normalized spacial score (nSPS) is 44.9. The van der Waals surface area contributed by atoms with Gasteiger partial charge < -0.3 is 11.1 Å². The Labute approximate surface area is 96.6 Å². The minimum absolute atomic E-state index is 0. The summed E-state index contributed by atoms with van der Waals surface area (Å²) >= 11 is 0. The summed E-state index contributed by atoms with van der Waals surface area (Å²) < 4.78 is 0. The molecule has 2 aliphatic carbocycles. The molecule has 1 heterocycles. The van der Waals surface area contributed by atoms with Crippen molar-refractivity contribution in [2.45, 2.75) is 26.2 Å². The highest BCUT2D eigenvalue weighted by atomic mass is 35.5. The number of fused-ring (bicyclic) bond motifs is 1. The predicted molar refractivity (Wildman–Crippen MR) is 60.7 cm³/mol. The molecule has 3 aliphatic rings. The number of nitrogens with one attached hydrogen (secondary N) is 1. The molecule has 1 amide bonds. The van der Waals surface area contributed by atoms with E-state index in [2.05, 4.69) is 12.2 Å². The number of hydrogen-bond donors (Lipinski definition) is 2. The molecule has 15 heavy (non-hydrogen) atoms. The number of halogens is 1. The van der Waals surface area contributed by atoms with Gasteiger partial charge in [0.25, 0.3) is 0 Å². The number of primary amides is 1. The van der Waals surface area contributed by atoms with Gasteiger partial charge in [0, 0.05) is 12.0 Å². The molecule has 3 N–H and O–H groups in total. The van der Waals surface area contributed by atoms with Crippen LogP contribution in [0.2, 0.25) is 0 Å². The van der Waals surface area contributed by atoms with Gasteiger partial charge in [-0.3, -0.25) is 4.79 Å². The largest absolute Gasteiger partial charge is 0.369 e. The Morgan fingerprint density at radius 3 is 2.53 bits per heavy atom. The van der Waals surface area contributed by atoms with E-state index in [0.717, 1.165) is 13.1 Å². The van der Waals surface area contributed by atoms with Gasteiger partial charge in [-0.1, -0.05) is 13.3 Å². The lowest BCUT2D eigenvalue weighted by atomic mass is 9.59. The van der Waals surface area contributed by atoms with Crippen molar-refractivity contribution in [1.29, 1.82) is 0 Å². The van der Waals surface area contributed by atoms with Crippen LogP contribution in [0.1, 0.15) is 26.2 Å². The van der Waals surface area contributed by atoms with E-state index in [1.807, 2.05) is 0 Å². The molecule has 0 bridgehead atoms. The van der Waals surface area contributed by atoms with Gasteiger partial charge in [-0.05, 0) is 30.7 Å². The van der Waals surface area contributed by atoms with Crippen LogP contribution in [-0.2, 0) is 4.79 Å². The first-order valence-electron chi connectivity index (χ1n) is 5.62. The second-order valence-electron chi connectivity index (χ2n) is 5.57. The Morgan fingerprint density at radius 2 is 2.13 bits per heavy atom. The standard InChI is InChI=1S/C11H18N2O.ClH/c1-10(3-2-4-10)11-6-13-5-7(11)8(11)9(12)14;/h7-8,13H,2-6H2,1H3,(H2,12,14);1H. The topological polar surface area (TPSA) is 55.1 Å². The van der Waals surface area contributed by atoms with Gasteiger partial charge in [-0.25, -0.2) is 0 Å². The van der Waals surface area contributed by atoms with Crippen molar-refractivity contribution < 1.29 is 4.79 Å². The third-order valence-electron chi connectivity index (χ3n) is 5.18. The number of piperidine rings is 1. The van der Waals surface area contributed by atoms with Crippen LogP contribution in [0.5, 0.6) is 0 Å². The summed E-state index contributed by atoms with van der Waals surface area (Å²) in [6, 6.07) is 0. The molecule has 3 rings (SSSR count). The lowest BCUT2D eigenvalue weighted by molar-refractivity contribution is -0.121. The summed E-state index contributed by atoms with van der Waals surface area (Å²) in [7, 11) is 0. The molecule has 0 aromatic rings. The molecule has 1 saturated heterocycles. The van der Waals surface area contributed by atoms with Gasteiger partial charge >= 0.3 is 0 Å². The average molecular weight is 231 g/mol. The Hall–Kier alpha value is -0.280. The van der Waals surface area contributed by atoms with Gasteiger partial charge in [0.15, 0.2) is 0 Å². The van der Waals surface area contributed by atoms with Crippen molar-refractivity contribution in [1.82, 2.24) is 5.32 Å². The van der Waals surface area contributed by atoms with Gasteiger partial charge in [-0.15, -0.1) is 12.4 Å². The molecule has 2 saturated carbocycles. The van der Waals surface area contributed by atoms with E-state index in [4.69, 9.17) is 5.73 Å². The van der Waals surface area contributed by atoms with Gasteiger partial charge in [0.2, 0.25) is 5.91 Å². The maximum absolute atomic E-state index is 11.4. The molecule has 86 valence electrons. The Balaban J connectivity index is 0.000000853. The fourth-order valence-corrected chi connectivity index (χ4v) is 4.16. The number of carbonyl (C=O) groups is 1. The fraction of sp³-hybridized carbons (Fsp3) is 0.909. The quantitative estimate of drug-likeness (QED) is 0.741. The molecular formula is C11H19ClN2O. The van der Waals surface area contributed by atoms with E-state index in [1.54, 1.807) is 0 Å². The lowest BCUT2D eigenvalue weighted by Crippen LogP contribution is -2.42. The summed E-state index contributed by atoms with van der Waals surface area (Å²) in [5.74, 6) is 0.656. The zero-order valence-electron chi connectivity index (χ0n) is 9.08. The minimum atomic E-state index is -0.0652. The van der Waals surface area contributed by atoms with Crippen LogP contribution >= 0.6 is 12.4 Å². The van der Waals surface area contributed by atoms with Crippen LogP contribution in [0, 0.1) is 22.7 Å². The van der Waals surface area contributed by atoms with Crippen LogP contribution in [0.25, 0.3) is 0 Å². The molecular weight excluding hydrogens is 212 g/mol. The van der Waals surface area contributed by atoms with Crippen LogP contribution in [-0.4, -0.2) is 19.0 Å². The molecule has 1 aliphatic heterocycles. The Kier molecular flexibility index (Phi) is 2.32. The van der Waals surface area contributed by atoms with Crippen molar-refractivity contribution >= 4 is 18.3 Å². The first-order valence-corrected chi connectivity index (χ1v) is 5.62. The first kappa shape index (κ1) is 11.2. The number of hydrogen-bond acceptors (Lipinski definition) is 2. The molecule has 4 heteroatoms. The third-order valence-corrected chi connectivity index (χ3v) is 5.18. The van der Waals surface area contributed by atoms with E-state index in [9.17, 15) is 4.79 Å². The molecule has 0 spiro atoms. The van der Waals surface area contributed by atoms with Crippen molar-refractivity contribution in [2.75, 3.05) is 13.1 Å². The predicted octanol–water partition coefficient (Wildman–Crippen LogP) is 0.919. The number of carbonyl (C=O) groups excluding carboxylic acids is 1. The van der Waals surface area contributed by atoms with E-state index in [1.165, 1.54) is 19.3 Å². The van der Waals surface area contributed by atoms with Crippen LogP contribution in [0.4, 0.5) is 0 Å². The zero-order chi connectivity index (χ0) is 9.97. The summed E-state index contributed by atoms with van der Waals surface area (Å²) in [6.45, 7) is 4.37. The first-order chi connectivity index (χ1) is 6.62. The van der Waals surface area contributed by atoms with Gasteiger partial charge in [0.1, 0.15) is 0 Å². The maximum atomic E-state index is 11.4. The maximum Gasteiger partial charge on any atom is 0.221 e. The summed E-state index contributed by atoms with van der Waals surface area (Å²) in [5.41, 5.74) is 6.13. The third kappa shape index (κ3) is 1.08. The van der Waals surface area contributed by atoms with E-state index >= 15 is 0 Å². The molecule has 3 unspecified atom stereocenters. The number of amides is 1. The van der Waals surface area contributed by atoms with E-state index in [-0.39, 0.29) is 29.6 Å². The molecule has 3 fully saturated rings. The minimum Gasteiger partial charge on any atom is -0.369 e. The molecule has 0 aromatic heterocycles. The SMILES string of the molecule is CC1(C23CNCC2C3C(N)=O)CCC1.Cl. The zero-order valence-corrected chi connectivity index (χ0v) is 9.90. The number of rotatable bonds is 2. The Bertz CT molecular complexity index is 303. The van der Waals surface area contributed by atoms with Crippen molar-refractivity contribution in [3.05, 3.63) is 0 Å². The van der Waals surface area contributed by atoms with Gasteiger partial charge in [-0.2, -0.15) is 0 Å². The summed E-state index contributed by atoms with van der Waals surface area (Å²) in [4.78, 5) is 11.4.